The van der Waals surface area contributed by atoms with Crippen molar-refractivity contribution in [1.82, 2.24) is 14.6 Å². The highest BCUT2D eigenvalue weighted by molar-refractivity contribution is 5.69. The van der Waals surface area contributed by atoms with Gasteiger partial charge in [0.1, 0.15) is 5.82 Å². The maximum Gasteiger partial charge on any atom is 0.161 e. The van der Waals surface area contributed by atoms with Crippen molar-refractivity contribution in [2.24, 2.45) is 0 Å². The molecule has 1 aliphatic heterocycles. The van der Waals surface area contributed by atoms with Gasteiger partial charge in [-0.25, -0.2) is 4.98 Å². The van der Waals surface area contributed by atoms with Gasteiger partial charge in [0.2, 0.25) is 0 Å². The minimum atomic E-state index is 0.697. The lowest BCUT2D eigenvalue weighted by molar-refractivity contribution is -0.900. The van der Waals surface area contributed by atoms with Gasteiger partial charge in [-0.15, -0.1) is 0 Å². The summed E-state index contributed by atoms with van der Waals surface area (Å²) in [6, 6.07) is 7.94. The molecule has 3 heterocycles. The number of quaternary nitrogens is 1. The van der Waals surface area contributed by atoms with Crippen LogP contribution in [0.3, 0.4) is 0 Å². The number of aromatic nitrogens is 3. The molecular weight excluding hydrogens is 378 g/mol. The molecule has 0 saturated carbocycles. The summed E-state index contributed by atoms with van der Waals surface area (Å²) < 4.78 is 12.9. The van der Waals surface area contributed by atoms with Gasteiger partial charge in [-0.05, 0) is 38.5 Å². The van der Waals surface area contributed by atoms with Crippen molar-refractivity contribution in [3.63, 3.8) is 0 Å². The van der Waals surface area contributed by atoms with Crippen LogP contribution in [0.4, 0.5) is 5.82 Å². The smallest absolute Gasteiger partial charge is 0.161 e. The number of hydrogen-bond acceptors (Lipinski definition) is 5. The summed E-state index contributed by atoms with van der Waals surface area (Å²) in [5.41, 5.74) is 4.99. The molecule has 0 spiro atoms. The highest BCUT2D eigenvalue weighted by Gasteiger charge is 2.24. The first kappa shape index (κ1) is 20.5. The summed E-state index contributed by atoms with van der Waals surface area (Å²) in [7, 11) is 3.30. The first-order valence-electron chi connectivity index (χ1n) is 10.7. The number of methoxy groups -OCH3 is 2. The van der Waals surface area contributed by atoms with Gasteiger partial charge in [0.25, 0.3) is 0 Å². The van der Waals surface area contributed by atoms with E-state index in [0.717, 1.165) is 35.7 Å². The Morgan fingerprint density at radius 2 is 1.77 bits per heavy atom. The lowest BCUT2D eigenvalue weighted by Crippen LogP contribution is -3.14. The van der Waals surface area contributed by atoms with Gasteiger partial charge in [0.05, 0.1) is 52.6 Å². The second kappa shape index (κ2) is 8.52. The summed E-state index contributed by atoms with van der Waals surface area (Å²) in [5.74, 6) is 2.57. The van der Waals surface area contributed by atoms with E-state index in [-0.39, 0.29) is 0 Å². The number of rotatable bonds is 6. The fourth-order valence-corrected chi connectivity index (χ4v) is 4.33. The number of hydrogen-bond donors (Lipinski definition) is 1. The summed E-state index contributed by atoms with van der Waals surface area (Å²) >= 11 is 0. The largest absolute Gasteiger partial charge is 0.493 e. The average Bonchev–Trinajstić information content (AvgIpc) is 3.18. The topological polar surface area (TPSA) is 56.3 Å². The van der Waals surface area contributed by atoms with E-state index in [4.69, 9.17) is 19.6 Å². The van der Waals surface area contributed by atoms with Gasteiger partial charge in [0.15, 0.2) is 17.1 Å². The summed E-state index contributed by atoms with van der Waals surface area (Å²) in [4.78, 5) is 8.98. The van der Waals surface area contributed by atoms with E-state index in [1.54, 1.807) is 19.1 Å². The maximum atomic E-state index is 5.47. The Morgan fingerprint density at radius 1 is 1.03 bits per heavy atom. The first-order valence-corrected chi connectivity index (χ1v) is 10.7. The molecule has 7 heteroatoms. The van der Waals surface area contributed by atoms with Crippen LogP contribution in [0, 0.1) is 13.8 Å². The van der Waals surface area contributed by atoms with Crippen molar-refractivity contribution in [1.29, 1.82) is 0 Å². The fourth-order valence-electron chi connectivity index (χ4n) is 4.33. The fraction of sp³-hybridized carbons (Fsp3) is 0.478. The normalized spacial score (nSPS) is 15.0. The molecule has 1 N–H and O–H groups in total. The molecular formula is C23H32N5O2+. The predicted octanol–water partition coefficient (Wildman–Crippen LogP) is 2.15. The van der Waals surface area contributed by atoms with Crippen LogP contribution in [0.1, 0.15) is 24.6 Å². The molecule has 0 atom stereocenters. The number of ether oxygens (including phenoxy) is 2. The molecule has 0 radical (unpaired) electrons. The van der Waals surface area contributed by atoms with Crippen LogP contribution in [0.15, 0.2) is 24.3 Å². The Morgan fingerprint density at radius 3 is 2.43 bits per heavy atom. The van der Waals surface area contributed by atoms with Gasteiger partial charge < -0.3 is 19.3 Å². The van der Waals surface area contributed by atoms with Crippen LogP contribution in [-0.4, -0.2) is 61.5 Å². The second-order valence-electron chi connectivity index (χ2n) is 8.00. The van der Waals surface area contributed by atoms with Crippen LogP contribution in [0.2, 0.25) is 0 Å². The number of anilines is 1. The molecule has 160 valence electrons. The molecule has 0 unspecified atom stereocenters. The molecule has 1 fully saturated rings. The van der Waals surface area contributed by atoms with Gasteiger partial charge >= 0.3 is 0 Å². The van der Waals surface area contributed by atoms with Crippen LogP contribution >= 0.6 is 0 Å². The zero-order valence-corrected chi connectivity index (χ0v) is 18.7. The summed E-state index contributed by atoms with van der Waals surface area (Å²) in [6.07, 6.45) is 1.24. The average molecular weight is 411 g/mol. The maximum absolute atomic E-state index is 5.47. The Kier molecular flexibility index (Phi) is 5.81. The van der Waals surface area contributed by atoms with E-state index in [1.807, 2.05) is 22.7 Å². The molecule has 0 amide bonds. The SMILES string of the molecule is CCC[NH+]1CCN(c2c(C)c(C)nc3cc(-c4ccc(OC)c(OC)c4)nn23)CC1. The van der Waals surface area contributed by atoms with Crippen molar-refractivity contribution in [3.05, 3.63) is 35.5 Å². The minimum absolute atomic E-state index is 0.697. The van der Waals surface area contributed by atoms with Crippen molar-refractivity contribution < 1.29 is 14.4 Å². The molecule has 1 aromatic carbocycles. The Bertz CT molecular complexity index is 1040. The Hall–Kier alpha value is -2.80. The quantitative estimate of drug-likeness (QED) is 0.675. The predicted molar refractivity (Wildman–Crippen MR) is 119 cm³/mol. The number of fused-ring (bicyclic) bond motifs is 1. The van der Waals surface area contributed by atoms with E-state index < -0.39 is 0 Å². The van der Waals surface area contributed by atoms with Gasteiger partial charge in [0, 0.05) is 22.9 Å². The third kappa shape index (κ3) is 3.69. The van der Waals surface area contributed by atoms with Crippen molar-refractivity contribution in [2.75, 3.05) is 51.8 Å². The van der Waals surface area contributed by atoms with Crippen LogP contribution in [0.25, 0.3) is 16.9 Å². The number of nitrogens with zero attached hydrogens (tertiary/aromatic N) is 4. The number of aryl methyl sites for hydroxylation is 1. The monoisotopic (exact) mass is 410 g/mol. The molecule has 2 aromatic heterocycles. The zero-order valence-electron chi connectivity index (χ0n) is 18.7. The standard InChI is InChI=1S/C23H31N5O2/c1-6-9-26-10-12-27(13-11-26)23-16(2)17(3)24-22-15-19(25-28(22)23)18-7-8-20(29-4)21(14-18)30-5/h7-8,14-15H,6,9-13H2,1-5H3/p+1. The molecule has 0 aliphatic carbocycles. The molecule has 4 rings (SSSR count). The highest BCUT2D eigenvalue weighted by Crippen LogP contribution is 2.33. The van der Waals surface area contributed by atoms with Crippen LogP contribution < -0.4 is 19.3 Å². The Balaban J connectivity index is 1.74. The third-order valence-electron chi connectivity index (χ3n) is 6.10. The first-order chi connectivity index (χ1) is 14.5. The molecule has 1 saturated heterocycles. The van der Waals surface area contributed by atoms with E-state index in [2.05, 4.69) is 31.7 Å². The van der Waals surface area contributed by atoms with Gasteiger partial charge in [-0.1, -0.05) is 6.92 Å². The molecule has 0 bridgehead atoms. The van der Waals surface area contributed by atoms with E-state index >= 15 is 0 Å². The van der Waals surface area contributed by atoms with Crippen LogP contribution in [-0.2, 0) is 0 Å². The van der Waals surface area contributed by atoms with Crippen LogP contribution in [0.5, 0.6) is 11.5 Å². The lowest BCUT2D eigenvalue weighted by atomic mass is 10.1. The van der Waals surface area contributed by atoms with Gasteiger partial charge in [-0.2, -0.15) is 9.61 Å². The Labute approximate surface area is 178 Å². The third-order valence-corrected chi connectivity index (χ3v) is 6.10. The number of piperazine rings is 1. The second-order valence-corrected chi connectivity index (χ2v) is 8.00. The molecule has 3 aromatic rings. The summed E-state index contributed by atoms with van der Waals surface area (Å²) in [5, 5.41) is 4.96. The number of benzene rings is 1. The van der Waals surface area contributed by atoms with E-state index in [0.29, 0.717) is 11.5 Å². The van der Waals surface area contributed by atoms with Gasteiger partial charge in [-0.3, -0.25) is 0 Å². The lowest BCUT2D eigenvalue weighted by Gasteiger charge is -2.34. The summed E-state index contributed by atoms with van der Waals surface area (Å²) in [6.45, 7) is 12.2. The van der Waals surface area contributed by atoms with Crippen molar-refractivity contribution in [2.45, 2.75) is 27.2 Å². The van der Waals surface area contributed by atoms with Crippen molar-refractivity contribution >= 4 is 11.5 Å². The number of nitrogens with one attached hydrogen (secondary N) is 1. The minimum Gasteiger partial charge on any atom is -0.493 e. The van der Waals surface area contributed by atoms with Crippen molar-refractivity contribution in [3.8, 4) is 22.8 Å². The zero-order chi connectivity index (χ0) is 21.3. The van der Waals surface area contributed by atoms with E-state index in [9.17, 15) is 0 Å². The molecule has 1 aliphatic rings. The van der Waals surface area contributed by atoms with E-state index in [1.165, 1.54) is 37.4 Å². The molecule has 30 heavy (non-hydrogen) atoms. The highest BCUT2D eigenvalue weighted by atomic mass is 16.5. The molecule has 7 nitrogen and oxygen atoms in total.